The average molecular weight is 666 g/mol. The minimum atomic E-state index is -4.66. The third kappa shape index (κ3) is 6.43. The standard InChI is InChI=1S/C32H32ClF4N3O6/c1-16-11-17(2)39(3)30(42)26(16)21-7-6-18(20-5-4-9-46-28(20)21)12-24(31(43)44)38-29(41)27-22(33)13-19(14-23(27)34)40-8-10-45-15-25(40)32(35,36)37/h6-7,11,13-14,24-25H,4-5,8-10,12,15H2,1-3H3,(H,38,41)(H,43,44)/t24-,25+/m0/s1. The number of alkyl halides is 3. The van der Waals surface area contributed by atoms with Crippen molar-refractivity contribution in [3.63, 3.8) is 0 Å². The minimum absolute atomic E-state index is 0.0225. The lowest BCUT2D eigenvalue weighted by atomic mass is 9.89. The largest absolute Gasteiger partial charge is 0.493 e. The molecule has 2 aliphatic heterocycles. The highest BCUT2D eigenvalue weighted by Gasteiger charge is 2.46. The molecule has 0 unspecified atom stereocenters. The number of nitrogens with zero attached hydrogens (tertiary/aromatic N) is 2. The van der Waals surface area contributed by atoms with E-state index in [1.165, 1.54) is 4.57 Å². The molecule has 5 rings (SSSR count). The van der Waals surface area contributed by atoms with Gasteiger partial charge in [-0.3, -0.25) is 9.59 Å². The van der Waals surface area contributed by atoms with Crippen molar-refractivity contribution >= 4 is 29.2 Å². The molecule has 3 heterocycles. The number of ether oxygens (including phenoxy) is 2. The number of amides is 1. The summed E-state index contributed by atoms with van der Waals surface area (Å²) in [4.78, 5) is 39.6. The van der Waals surface area contributed by atoms with E-state index in [2.05, 4.69) is 5.32 Å². The third-order valence-corrected chi connectivity index (χ3v) is 8.73. The molecule has 14 heteroatoms. The van der Waals surface area contributed by atoms with E-state index in [-0.39, 0.29) is 30.8 Å². The Labute approximate surface area is 266 Å². The molecule has 2 aromatic carbocycles. The van der Waals surface area contributed by atoms with E-state index in [0.29, 0.717) is 47.5 Å². The molecule has 1 aromatic heterocycles. The highest BCUT2D eigenvalue weighted by Crippen LogP contribution is 2.39. The van der Waals surface area contributed by atoms with Gasteiger partial charge in [-0.05, 0) is 61.6 Å². The van der Waals surface area contributed by atoms with Crippen molar-refractivity contribution in [2.75, 3.05) is 31.3 Å². The van der Waals surface area contributed by atoms with Gasteiger partial charge in [0.05, 0.1) is 36.0 Å². The summed E-state index contributed by atoms with van der Waals surface area (Å²) in [5.74, 6) is -3.29. The number of fused-ring (bicyclic) bond motifs is 1. The fourth-order valence-corrected chi connectivity index (χ4v) is 6.29. The number of nitrogens with one attached hydrogen (secondary N) is 1. The lowest BCUT2D eigenvalue weighted by Crippen LogP contribution is -2.53. The monoisotopic (exact) mass is 665 g/mol. The quantitative estimate of drug-likeness (QED) is 0.343. The van der Waals surface area contributed by atoms with Gasteiger partial charge in [0.1, 0.15) is 23.7 Å². The van der Waals surface area contributed by atoms with Gasteiger partial charge in [0.25, 0.3) is 11.5 Å². The number of carbonyl (C=O) groups excluding carboxylic acids is 1. The molecule has 0 bridgehead atoms. The summed E-state index contributed by atoms with van der Waals surface area (Å²) in [6.07, 6.45) is -3.68. The second-order valence-corrected chi connectivity index (χ2v) is 11.8. The van der Waals surface area contributed by atoms with E-state index >= 15 is 4.39 Å². The fourth-order valence-electron chi connectivity index (χ4n) is 6.00. The topological polar surface area (TPSA) is 110 Å². The Morgan fingerprint density at radius 3 is 2.59 bits per heavy atom. The Bertz CT molecular complexity index is 1740. The van der Waals surface area contributed by atoms with Gasteiger partial charge in [0.2, 0.25) is 0 Å². The first-order chi connectivity index (χ1) is 21.7. The van der Waals surface area contributed by atoms with Gasteiger partial charge in [-0.25, -0.2) is 9.18 Å². The minimum Gasteiger partial charge on any atom is -0.493 e. The van der Waals surface area contributed by atoms with Gasteiger partial charge < -0.3 is 29.4 Å². The highest BCUT2D eigenvalue weighted by molar-refractivity contribution is 6.34. The normalized spacial score (nSPS) is 17.2. The number of hydrogen-bond acceptors (Lipinski definition) is 6. The summed E-state index contributed by atoms with van der Waals surface area (Å²) in [6.45, 7) is 3.20. The molecule has 2 aliphatic rings. The number of aliphatic carboxylic acids is 1. The van der Waals surface area contributed by atoms with Crippen LogP contribution in [0, 0.1) is 19.7 Å². The number of aryl methyl sites for hydroxylation is 2. The third-order valence-electron chi connectivity index (χ3n) is 8.43. The molecule has 0 spiro atoms. The van der Waals surface area contributed by atoms with Gasteiger partial charge >= 0.3 is 12.1 Å². The fraction of sp³-hybridized carbons (Fsp3) is 0.406. The van der Waals surface area contributed by atoms with E-state index in [4.69, 9.17) is 21.1 Å². The van der Waals surface area contributed by atoms with Crippen LogP contribution in [0.3, 0.4) is 0 Å². The van der Waals surface area contributed by atoms with Crippen molar-refractivity contribution < 1.29 is 41.7 Å². The van der Waals surface area contributed by atoms with Crippen LogP contribution in [-0.4, -0.2) is 66.2 Å². The average Bonchev–Trinajstić information content (AvgIpc) is 2.99. The van der Waals surface area contributed by atoms with E-state index in [0.717, 1.165) is 28.3 Å². The lowest BCUT2D eigenvalue weighted by molar-refractivity contribution is -0.167. The maximum absolute atomic E-state index is 15.3. The maximum atomic E-state index is 15.3. The van der Waals surface area contributed by atoms with E-state index in [1.54, 1.807) is 19.2 Å². The number of anilines is 1. The van der Waals surface area contributed by atoms with Gasteiger partial charge in [0.15, 0.2) is 0 Å². The predicted molar refractivity (Wildman–Crippen MR) is 162 cm³/mol. The smallest absolute Gasteiger partial charge is 0.411 e. The van der Waals surface area contributed by atoms with Gasteiger partial charge in [-0.15, -0.1) is 0 Å². The lowest BCUT2D eigenvalue weighted by Gasteiger charge is -2.38. The zero-order valence-electron chi connectivity index (χ0n) is 25.3. The van der Waals surface area contributed by atoms with Crippen LogP contribution in [0.4, 0.5) is 23.2 Å². The first kappa shape index (κ1) is 33.3. The van der Waals surface area contributed by atoms with E-state index in [9.17, 15) is 32.7 Å². The second-order valence-electron chi connectivity index (χ2n) is 11.4. The Balaban J connectivity index is 1.43. The van der Waals surface area contributed by atoms with Crippen molar-refractivity contribution in [2.45, 2.75) is 51.4 Å². The molecule has 1 fully saturated rings. The van der Waals surface area contributed by atoms with E-state index < -0.39 is 53.1 Å². The zero-order valence-corrected chi connectivity index (χ0v) is 26.0. The Morgan fingerprint density at radius 2 is 1.91 bits per heavy atom. The highest BCUT2D eigenvalue weighted by atomic mass is 35.5. The summed E-state index contributed by atoms with van der Waals surface area (Å²) in [5.41, 5.74) is 2.75. The number of carboxylic acids is 1. The zero-order chi connectivity index (χ0) is 33.5. The molecule has 3 aromatic rings. The van der Waals surface area contributed by atoms with Crippen molar-refractivity contribution in [3.8, 4) is 16.9 Å². The molecule has 46 heavy (non-hydrogen) atoms. The van der Waals surface area contributed by atoms with Crippen LogP contribution in [-0.2, 0) is 29.4 Å². The molecule has 9 nitrogen and oxygen atoms in total. The Hall–Kier alpha value is -4.10. The van der Waals surface area contributed by atoms with Crippen molar-refractivity contribution in [1.82, 2.24) is 9.88 Å². The summed E-state index contributed by atoms with van der Waals surface area (Å²) in [5, 5.41) is 11.8. The van der Waals surface area contributed by atoms with Crippen LogP contribution in [0.15, 0.2) is 35.1 Å². The number of morpholine rings is 1. The predicted octanol–water partition coefficient (Wildman–Crippen LogP) is 4.98. The molecular formula is C32H32ClF4N3O6. The molecule has 1 amide bonds. The Morgan fingerprint density at radius 1 is 1.17 bits per heavy atom. The molecule has 0 aliphatic carbocycles. The number of halogens is 5. The number of pyridine rings is 1. The molecule has 0 radical (unpaired) electrons. The summed E-state index contributed by atoms with van der Waals surface area (Å²) < 4.78 is 68.5. The number of aromatic nitrogens is 1. The summed E-state index contributed by atoms with van der Waals surface area (Å²) >= 11 is 6.22. The van der Waals surface area contributed by atoms with Crippen molar-refractivity contribution in [3.05, 3.63) is 79.5 Å². The van der Waals surface area contributed by atoms with Crippen molar-refractivity contribution in [1.29, 1.82) is 0 Å². The number of rotatable bonds is 7. The van der Waals surface area contributed by atoms with Gasteiger partial charge in [0, 0.05) is 37.0 Å². The van der Waals surface area contributed by atoms with Crippen LogP contribution < -0.4 is 20.5 Å². The SMILES string of the molecule is Cc1cc(C)n(C)c(=O)c1-c1ccc(C[C@H](NC(=O)c2c(F)cc(N3CCOC[C@@H]3C(F)(F)F)cc2Cl)C(=O)O)c2c1OCCC2. The molecule has 2 atom stereocenters. The van der Waals surface area contributed by atoms with Gasteiger partial charge in [-0.1, -0.05) is 23.7 Å². The molecule has 1 saturated heterocycles. The molecule has 2 N–H and O–H groups in total. The van der Waals surface area contributed by atoms with Crippen LogP contribution in [0.5, 0.6) is 5.75 Å². The van der Waals surface area contributed by atoms with Crippen LogP contribution in [0.25, 0.3) is 11.1 Å². The van der Waals surface area contributed by atoms with Crippen LogP contribution in [0.2, 0.25) is 5.02 Å². The number of benzene rings is 2. The number of carbonyl (C=O) groups is 2. The summed E-state index contributed by atoms with van der Waals surface area (Å²) in [7, 11) is 1.67. The Kier molecular flexibility index (Phi) is 9.37. The molecule has 0 saturated carbocycles. The second kappa shape index (κ2) is 13.0. The number of hydrogen-bond donors (Lipinski definition) is 2. The maximum Gasteiger partial charge on any atom is 0.411 e. The molecule has 246 valence electrons. The van der Waals surface area contributed by atoms with Crippen LogP contribution in [0.1, 0.15) is 39.2 Å². The summed E-state index contributed by atoms with van der Waals surface area (Å²) in [6, 6.07) is 3.52. The molecular weight excluding hydrogens is 634 g/mol. The van der Waals surface area contributed by atoms with Crippen LogP contribution >= 0.6 is 11.6 Å². The first-order valence-corrected chi connectivity index (χ1v) is 15.0. The van der Waals surface area contributed by atoms with E-state index in [1.807, 2.05) is 19.9 Å². The van der Waals surface area contributed by atoms with Crippen molar-refractivity contribution in [2.24, 2.45) is 7.05 Å². The van der Waals surface area contributed by atoms with Gasteiger partial charge in [-0.2, -0.15) is 13.2 Å². The number of carboxylic acid groups (broad SMARTS) is 1. The first-order valence-electron chi connectivity index (χ1n) is 14.6.